The van der Waals surface area contributed by atoms with Crippen molar-refractivity contribution < 1.29 is 19.4 Å². The highest BCUT2D eigenvalue weighted by molar-refractivity contribution is 5.68. The number of ether oxygens (including phenoxy) is 1. The van der Waals surface area contributed by atoms with Crippen LogP contribution in [-0.2, 0) is 9.53 Å². The molecule has 1 unspecified atom stereocenters. The average Bonchev–Trinajstić information content (AvgIpc) is 2.59. The Morgan fingerprint density at radius 1 is 1.44 bits per heavy atom. The van der Waals surface area contributed by atoms with E-state index in [1.54, 1.807) is 4.90 Å². The highest BCUT2D eigenvalue weighted by Crippen LogP contribution is 2.21. The molecule has 1 heterocycles. The fourth-order valence-corrected chi connectivity index (χ4v) is 2.18. The zero-order valence-corrected chi connectivity index (χ0v) is 10.6. The van der Waals surface area contributed by atoms with Crippen molar-refractivity contribution in [3.63, 3.8) is 0 Å². The maximum Gasteiger partial charge on any atom is 0.410 e. The fraction of sp³-hybridized carbons (Fsp3) is 0.692. The second kappa shape index (κ2) is 7.74. The van der Waals surface area contributed by atoms with Crippen molar-refractivity contribution in [1.29, 1.82) is 0 Å². The van der Waals surface area contributed by atoms with Gasteiger partial charge in [0.15, 0.2) is 0 Å². The third-order valence-electron chi connectivity index (χ3n) is 3.12. The number of amides is 1. The maximum atomic E-state index is 11.7. The van der Waals surface area contributed by atoms with E-state index in [1.165, 1.54) is 6.08 Å². The molecule has 1 fully saturated rings. The monoisotopic (exact) mass is 255 g/mol. The van der Waals surface area contributed by atoms with Crippen LogP contribution in [0.5, 0.6) is 0 Å². The van der Waals surface area contributed by atoms with Crippen LogP contribution in [0, 0.1) is 5.92 Å². The van der Waals surface area contributed by atoms with E-state index in [0.717, 1.165) is 19.3 Å². The van der Waals surface area contributed by atoms with Crippen molar-refractivity contribution >= 4 is 12.1 Å². The van der Waals surface area contributed by atoms with Crippen LogP contribution in [0.2, 0.25) is 0 Å². The summed E-state index contributed by atoms with van der Waals surface area (Å²) in [7, 11) is 0. The standard InChI is InChI=1S/C13H21NO4/c1-2-9-18-13(17)14-8-4-3-5-11(10-14)6-7-12(15)16/h2,11H,1,3-10H2,(H,15,16). The lowest BCUT2D eigenvalue weighted by molar-refractivity contribution is -0.137. The Hall–Kier alpha value is -1.52. The van der Waals surface area contributed by atoms with E-state index in [9.17, 15) is 9.59 Å². The molecule has 1 saturated heterocycles. The van der Waals surface area contributed by atoms with Crippen LogP contribution < -0.4 is 0 Å². The van der Waals surface area contributed by atoms with Gasteiger partial charge in [-0.2, -0.15) is 0 Å². The quantitative estimate of drug-likeness (QED) is 0.765. The Morgan fingerprint density at radius 2 is 2.22 bits per heavy atom. The summed E-state index contributed by atoms with van der Waals surface area (Å²) in [5.41, 5.74) is 0. The molecule has 1 N–H and O–H groups in total. The van der Waals surface area contributed by atoms with E-state index in [1.807, 2.05) is 0 Å². The number of carbonyl (C=O) groups is 2. The van der Waals surface area contributed by atoms with Crippen molar-refractivity contribution in [3.05, 3.63) is 12.7 Å². The number of carboxylic acids is 1. The molecule has 0 bridgehead atoms. The number of aliphatic carboxylic acids is 1. The summed E-state index contributed by atoms with van der Waals surface area (Å²) in [5, 5.41) is 8.69. The minimum Gasteiger partial charge on any atom is -0.481 e. The lowest BCUT2D eigenvalue weighted by atomic mass is 9.98. The van der Waals surface area contributed by atoms with Crippen LogP contribution in [0.25, 0.3) is 0 Å². The van der Waals surface area contributed by atoms with Gasteiger partial charge < -0.3 is 14.7 Å². The number of rotatable bonds is 5. The molecule has 1 rings (SSSR count). The number of hydrogen-bond acceptors (Lipinski definition) is 3. The smallest absolute Gasteiger partial charge is 0.410 e. The van der Waals surface area contributed by atoms with Crippen LogP contribution in [-0.4, -0.2) is 41.8 Å². The first kappa shape index (κ1) is 14.5. The normalized spacial score (nSPS) is 20.0. The van der Waals surface area contributed by atoms with Gasteiger partial charge in [0.05, 0.1) is 0 Å². The van der Waals surface area contributed by atoms with E-state index >= 15 is 0 Å². The summed E-state index contributed by atoms with van der Waals surface area (Å²) in [5.74, 6) is -0.514. The van der Waals surface area contributed by atoms with Crippen molar-refractivity contribution in [2.45, 2.75) is 32.1 Å². The number of nitrogens with zero attached hydrogens (tertiary/aromatic N) is 1. The first-order valence-corrected chi connectivity index (χ1v) is 6.38. The molecule has 0 radical (unpaired) electrons. The van der Waals surface area contributed by atoms with E-state index in [4.69, 9.17) is 9.84 Å². The Kier molecular flexibility index (Phi) is 6.25. The van der Waals surface area contributed by atoms with Gasteiger partial charge in [-0.25, -0.2) is 4.79 Å². The number of carboxylic acid groups (broad SMARTS) is 1. The average molecular weight is 255 g/mol. The van der Waals surface area contributed by atoms with Crippen molar-refractivity contribution in [2.75, 3.05) is 19.7 Å². The molecule has 5 nitrogen and oxygen atoms in total. The zero-order chi connectivity index (χ0) is 13.4. The van der Waals surface area contributed by atoms with Crippen LogP contribution >= 0.6 is 0 Å². The molecule has 0 aromatic carbocycles. The van der Waals surface area contributed by atoms with Gasteiger partial charge in [-0.3, -0.25) is 4.79 Å². The maximum absolute atomic E-state index is 11.7. The van der Waals surface area contributed by atoms with E-state index in [-0.39, 0.29) is 25.0 Å². The predicted octanol–water partition coefficient (Wildman–Crippen LogP) is 2.28. The van der Waals surface area contributed by atoms with Crippen LogP contribution in [0.4, 0.5) is 4.79 Å². The lowest BCUT2D eigenvalue weighted by Crippen LogP contribution is -2.35. The molecule has 18 heavy (non-hydrogen) atoms. The van der Waals surface area contributed by atoms with E-state index < -0.39 is 5.97 Å². The molecule has 102 valence electrons. The summed E-state index contributed by atoms with van der Waals surface area (Å²) < 4.78 is 5.01. The Balaban J connectivity index is 2.44. The largest absolute Gasteiger partial charge is 0.481 e. The molecule has 5 heteroatoms. The van der Waals surface area contributed by atoms with Crippen molar-refractivity contribution in [1.82, 2.24) is 4.90 Å². The van der Waals surface area contributed by atoms with Crippen molar-refractivity contribution in [2.24, 2.45) is 5.92 Å². The van der Waals surface area contributed by atoms with Crippen LogP contribution in [0.3, 0.4) is 0 Å². The van der Waals surface area contributed by atoms with Gasteiger partial charge in [-0.15, -0.1) is 0 Å². The highest BCUT2D eigenvalue weighted by atomic mass is 16.6. The first-order chi connectivity index (χ1) is 8.63. The van der Waals surface area contributed by atoms with Gasteiger partial charge in [-0.05, 0) is 25.2 Å². The summed E-state index contributed by atoms with van der Waals surface area (Å²) >= 11 is 0. The van der Waals surface area contributed by atoms with Gasteiger partial charge in [0.2, 0.25) is 0 Å². The van der Waals surface area contributed by atoms with Gasteiger partial charge in [-0.1, -0.05) is 19.1 Å². The number of hydrogen-bond donors (Lipinski definition) is 1. The van der Waals surface area contributed by atoms with Crippen LogP contribution in [0.15, 0.2) is 12.7 Å². The zero-order valence-electron chi connectivity index (χ0n) is 10.6. The molecule has 0 aromatic heterocycles. The Labute approximate surface area is 107 Å². The highest BCUT2D eigenvalue weighted by Gasteiger charge is 2.23. The summed E-state index contributed by atoms with van der Waals surface area (Å²) in [6, 6.07) is 0. The van der Waals surface area contributed by atoms with Crippen LogP contribution in [0.1, 0.15) is 32.1 Å². The Morgan fingerprint density at radius 3 is 2.89 bits per heavy atom. The SMILES string of the molecule is C=CCOC(=O)N1CCCCC(CCC(=O)O)C1. The lowest BCUT2D eigenvalue weighted by Gasteiger charge is -2.23. The molecule has 0 spiro atoms. The molecule has 1 atom stereocenters. The number of likely N-dealkylation sites (tertiary alicyclic amines) is 1. The topological polar surface area (TPSA) is 66.8 Å². The first-order valence-electron chi connectivity index (χ1n) is 6.38. The van der Waals surface area contributed by atoms with Gasteiger partial charge in [0.25, 0.3) is 0 Å². The molecule has 1 amide bonds. The molecular formula is C13H21NO4. The predicted molar refractivity (Wildman–Crippen MR) is 67.3 cm³/mol. The van der Waals surface area contributed by atoms with Gasteiger partial charge in [0, 0.05) is 19.5 Å². The second-order valence-corrected chi connectivity index (χ2v) is 4.61. The molecular weight excluding hydrogens is 234 g/mol. The minimum atomic E-state index is -0.778. The summed E-state index contributed by atoms with van der Waals surface area (Å²) in [6.07, 6.45) is 4.98. The fourth-order valence-electron chi connectivity index (χ4n) is 2.18. The van der Waals surface area contributed by atoms with Crippen molar-refractivity contribution in [3.8, 4) is 0 Å². The molecule has 1 aliphatic heterocycles. The molecule has 1 aliphatic rings. The summed E-state index contributed by atoms with van der Waals surface area (Å²) in [6.45, 7) is 5.01. The molecule has 0 saturated carbocycles. The number of carbonyl (C=O) groups excluding carboxylic acids is 1. The summed E-state index contributed by atoms with van der Waals surface area (Å²) in [4.78, 5) is 24.0. The third-order valence-corrected chi connectivity index (χ3v) is 3.12. The minimum absolute atomic E-state index is 0.167. The Bertz CT molecular complexity index is 303. The van der Waals surface area contributed by atoms with E-state index in [0.29, 0.717) is 19.5 Å². The third kappa shape index (κ3) is 5.21. The van der Waals surface area contributed by atoms with E-state index in [2.05, 4.69) is 6.58 Å². The van der Waals surface area contributed by atoms with Gasteiger partial charge in [0.1, 0.15) is 6.61 Å². The molecule has 0 aliphatic carbocycles. The van der Waals surface area contributed by atoms with Gasteiger partial charge >= 0.3 is 12.1 Å². The second-order valence-electron chi connectivity index (χ2n) is 4.61. The molecule has 0 aromatic rings.